The molecule has 0 radical (unpaired) electrons. The predicted octanol–water partition coefficient (Wildman–Crippen LogP) is 3.49. The van der Waals surface area contributed by atoms with E-state index < -0.39 is 6.10 Å². The van der Waals surface area contributed by atoms with Crippen molar-refractivity contribution in [3.8, 4) is 0 Å². The molecule has 2 aromatic rings. The van der Waals surface area contributed by atoms with Gasteiger partial charge in [-0.05, 0) is 28.5 Å². The van der Waals surface area contributed by atoms with Crippen molar-refractivity contribution in [1.29, 1.82) is 0 Å². The van der Waals surface area contributed by atoms with Crippen LogP contribution in [-0.2, 0) is 9.53 Å². The summed E-state index contributed by atoms with van der Waals surface area (Å²) in [5.74, 6) is 0.434. The van der Waals surface area contributed by atoms with Crippen molar-refractivity contribution >= 4 is 29.7 Å². The zero-order valence-electron chi connectivity index (χ0n) is 14.5. The molecule has 2 unspecified atom stereocenters. The van der Waals surface area contributed by atoms with Crippen LogP contribution in [0.5, 0.6) is 0 Å². The van der Waals surface area contributed by atoms with Crippen molar-refractivity contribution in [3.05, 3.63) is 57.8 Å². The normalized spacial score (nSPS) is 18.4. The van der Waals surface area contributed by atoms with Crippen LogP contribution >= 0.6 is 23.7 Å². The molecule has 4 nitrogen and oxygen atoms in total. The fraction of sp³-hybridized carbons (Fsp3) is 0.421. The number of halogens is 1. The Bertz CT molecular complexity index is 653. The number of carbonyl (C=O) groups excluding carboxylic acids is 1. The fourth-order valence-corrected chi connectivity index (χ4v) is 3.62. The van der Waals surface area contributed by atoms with E-state index >= 15 is 0 Å². The average molecular weight is 381 g/mol. The summed E-state index contributed by atoms with van der Waals surface area (Å²) in [4.78, 5) is 13.7. The van der Waals surface area contributed by atoms with Crippen LogP contribution < -0.4 is 10.6 Å². The van der Waals surface area contributed by atoms with Crippen LogP contribution in [-0.4, -0.2) is 31.7 Å². The maximum atomic E-state index is 12.6. The van der Waals surface area contributed by atoms with Crippen LogP contribution in [0.25, 0.3) is 0 Å². The Hall–Kier alpha value is -1.40. The molecule has 1 aliphatic rings. The second-order valence-electron chi connectivity index (χ2n) is 6.34. The van der Waals surface area contributed by atoms with Gasteiger partial charge in [0, 0.05) is 18.0 Å². The first-order valence-electron chi connectivity index (χ1n) is 8.41. The van der Waals surface area contributed by atoms with Crippen molar-refractivity contribution in [3.63, 3.8) is 0 Å². The van der Waals surface area contributed by atoms with Crippen LogP contribution in [0.15, 0.2) is 41.8 Å². The van der Waals surface area contributed by atoms with E-state index in [9.17, 15) is 4.79 Å². The molecule has 1 aliphatic heterocycles. The third kappa shape index (κ3) is 5.05. The summed E-state index contributed by atoms with van der Waals surface area (Å²) in [6, 6.07) is 12.5. The number of ether oxygens (including phenoxy) is 1. The standard InChI is InChI=1S/C19H24N2O2S.ClH/c1-13(2)14-5-7-15(8-6-14)18(17-4-3-11-24-17)21-19(22)16-12-20-9-10-23-16;/h3-8,11,13,16,18,20H,9-10,12H2,1-2H3,(H,21,22);1H. The van der Waals surface area contributed by atoms with Gasteiger partial charge in [-0.2, -0.15) is 0 Å². The lowest BCUT2D eigenvalue weighted by Gasteiger charge is -2.26. The summed E-state index contributed by atoms with van der Waals surface area (Å²) in [6.07, 6.45) is -0.420. The second-order valence-corrected chi connectivity index (χ2v) is 7.32. The molecule has 2 N–H and O–H groups in total. The number of thiophene rings is 1. The molecular formula is C19H25ClN2O2S. The maximum absolute atomic E-state index is 12.6. The van der Waals surface area contributed by atoms with Gasteiger partial charge in [0.25, 0.3) is 5.91 Å². The summed E-state index contributed by atoms with van der Waals surface area (Å²) in [5.41, 5.74) is 2.40. The van der Waals surface area contributed by atoms with E-state index in [0.717, 1.165) is 17.0 Å². The molecule has 1 aromatic heterocycles. The number of nitrogens with one attached hydrogen (secondary N) is 2. The topological polar surface area (TPSA) is 50.4 Å². The summed E-state index contributed by atoms with van der Waals surface area (Å²) in [6.45, 7) is 6.30. The van der Waals surface area contributed by atoms with Crippen molar-refractivity contribution in [2.45, 2.75) is 31.9 Å². The molecular weight excluding hydrogens is 356 g/mol. The Labute approximate surface area is 159 Å². The Kier molecular flexibility index (Phi) is 7.44. The smallest absolute Gasteiger partial charge is 0.251 e. The molecule has 6 heteroatoms. The Morgan fingerprint density at radius 1 is 1.24 bits per heavy atom. The van der Waals surface area contributed by atoms with Crippen molar-refractivity contribution in [1.82, 2.24) is 10.6 Å². The van der Waals surface area contributed by atoms with Gasteiger partial charge >= 0.3 is 0 Å². The molecule has 1 fully saturated rings. The van der Waals surface area contributed by atoms with Crippen LogP contribution in [0.4, 0.5) is 0 Å². The maximum Gasteiger partial charge on any atom is 0.251 e. The van der Waals surface area contributed by atoms with E-state index in [2.05, 4.69) is 54.8 Å². The first-order chi connectivity index (χ1) is 11.6. The largest absolute Gasteiger partial charge is 0.366 e. The minimum atomic E-state index is -0.420. The molecule has 0 saturated carbocycles. The number of carbonyl (C=O) groups is 1. The first-order valence-corrected chi connectivity index (χ1v) is 9.29. The van der Waals surface area contributed by atoms with Gasteiger partial charge in [-0.3, -0.25) is 4.79 Å². The van der Waals surface area contributed by atoms with E-state index in [4.69, 9.17) is 4.74 Å². The number of morpholine rings is 1. The molecule has 1 saturated heterocycles. The van der Waals surface area contributed by atoms with Gasteiger partial charge in [0.1, 0.15) is 6.10 Å². The minimum Gasteiger partial charge on any atom is -0.366 e. The number of rotatable bonds is 5. The van der Waals surface area contributed by atoms with Gasteiger partial charge in [0.05, 0.1) is 12.6 Å². The number of amides is 1. The van der Waals surface area contributed by atoms with Crippen molar-refractivity contribution in [2.75, 3.05) is 19.7 Å². The molecule has 1 amide bonds. The van der Waals surface area contributed by atoms with Crippen LogP contribution in [0.1, 0.15) is 41.8 Å². The number of hydrogen-bond acceptors (Lipinski definition) is 4. The van der Waals surface area contributed by atoms with Crippen molar-refractivity contribution < 1.29 is 9.53 Å². The van der Waals surface area contributed by atoms with Gasteiger partial charge in [-0.1, -0.05) is 44.2 Å². The summed E-state index contributed by atoms with van der Waals surface area (Å²) in [7, 11) is 0. The lowest BCUT2D eigenvalue weighted by atomic mass is 9.98. The quantitative estimate of drug-likeness (QED) is 0.834. The highest BCUT2D eigenvalue weighted by atomic mass is 35.5. The molecule has 25 heavy (non-hydrogen) atoms. The fourth-order valence-electron chi connectivity index (χ4n) is 2.82. The monoisotopic (exact) mass is 380 g/mol. The van der Waals surface area contributed by atoms with Gasteiger partial charge in [-0.15, -0.1) is 23.7 Å². The summed E-state index contributed by atoms with van der Waals surface area (Å²) < 4.78 is 5.57. The Balaban J connectivity index is 0.00000225. The first kappa shape index (κ1) is 19.9. The van der Waals surface area contributed by atoms with Gasteiger partial charge in [0.15, 0.2) is 0 Å². The average Bonchev–Trinajstić information content (AvgIpc) is 3.14. The Morgan fingerprint density at radius 3 is 2.52 bits per heavy atom. The van der Waals surface area contributed by atoms with Crippen LogP contribution in [0.3, 0.4) is 0 Å². The molecule has 0 bridgehead atoms. The van der Waals surface area contributed by atoms with E-state index in [1.54, 1.807) is 11.3 Å². The van der Waals surface area contributed by atoms with E-state index in [0.29, 0.717) is 19.1 Å². The number of hydrogen-bond donors (Lipinski definition) is 2. The molecule has 2 atom stereocenters. The molecule has 0 spiro atoms. The lowest BCUT2D eigenvalue weighted by Crippen LogP contribution is -2.48. The van der Waals surface area contributed by atoms with Crippen LogP contribution in [0.2, 0.25) is 0 Å². The van der Waals surface area contributed by atoms with Crippen molar-refractivity contribution in [2.24, 2.45) is 0 Å². The third-order valence-corrected chi connectivity index (χ3v) is 5.21. The number of benzene rings is 1. The SMILES string of the molecule is CC(C)c1ccc(C(NC(=O)C2CNCCO2)c2cccs2)cc1.Cl. The lowest BCUT2D eigenvalue weighted by molar-refractivity contribution is -0.134. The predicted molar refractivity (Wildman–Crippen MR) is 105 cm³/mol. The highest BCUT2D eigenvalue weighted by Crippen LogP contribution is 2.27. The van der Waals surface area contributed by atoms with Gasteiger partial charge in [-0.25, -0.2) is 0 Å². The third-order valence-electron chi connectivity index (χ3n) is 4.27. The second kappa shape index (κ2) is 9.34. The highest BCUT2D eigenvalue weighted by molar-refractivity contribution is 7.10. The van der Waals surface area contributed by atoms with E-state index in [1.165, 1.54) is 5.56 Å². The van der Waals surface area contributed by atoms with Gasteiger partial charge < -0.3 is 15.4 Å². The molecule has 136 valence electrons. The van der Waals surface area contributed by atoms with Gasteiger partial charge in [0.2, 0.25) is 0 Å². The molecule has 1 aromatic carbocycles. The minimum absolute atomic E-state index is 0. The van der Waals surface area contributed by atoms with Crippen LogP contribution in [0, 0.1) is 0 Å². The zero-order valence-corrected chi connectivity index (χ0v) is 16.2. The molecule has 3 rings (SSSR count). The molecule has 2 heterocycles. The van der Waals surface area contributed by atoms with E-state index in [1.807, 2.05) is 11.4 Å². The Morgan fingerprint density at radius 2 is 1.96 bits per heavy atom. The summed E-state index contributed by atoms with van der Waals surface area (Å²) >= 11 is 1.65. The highest BCUT2D eigenvalue weighted by Gasteiger charge is 2.26. The van der Waals surface area contributed by atoms with E-state index in [-0.39, 0.29) is 24.4 Å². The zero-order chi connectivity index (χ0) is 16.9. The summed E-state index contributed by atoms with van der Waals surface area (Å²) in [5, 5.41) is 8.40. The molecule has 0 aliphatic carbocycles.